The van der Waals surface area contributed by atoms with Crippen LogP contribution in [0.5, 0.6) is 5.75 Å². The summed E-state index contributed by atoms with van der Waals surface area (Å²) in [6.07, 6.45) is 0.748. The van der Waals surface area contributed by atoms with Crippen molar-refractivity contribution in [3.05, 3.63) is 62.0 Å². The minimum absolute atomic E-state index is 0.0661. The quantitative estimate of drug-likeness (QED) is 0.761. The largest absolute Gasteiger partial charge is 0.489 e. The van der Waals surface area contributed by atoms with Gasteiger partial charge in [0.2, 0.25) is 0 Å². The van der Waals surface area contributed by atoms with E-state index in [1.807, 2.05) is 37.3 Å². The summed E-state index contributed by atoms with van der Waals surface area (Å²) < 4.78 is 6.90. The fraction of sp³-hybridized carbons (Fsp3) is 0.250. The molecule has 0 spiro atoms. The van der Waals surface area contributed by atoms with Gasteiger partial charge in [-0.15, -0.1) is 0 Å². The van der Waals surface area contributed by atoms with Crippen molar-refractivity contribution in [3.8, 4) is 5.75 Å². The van der Waals surface area contributed by atoms with E-state index in [1.165, 1.54) is 0 Å². The summed E-state index contributed by atoms with van der Waals surface area (Å²) in [5.41, 5.74) is 7.81. The van der Waals surface area contributed by atoms with Crippen LogP contribution in [0.2, 0.25) is 10.0 Å². The standard InChI is InChI=1S/C16H16BrCl2NO/c1-10(20)7-12-8-13(17)5-6-15(12)21-9-11-3-2-4-14(18)16(11)19/h2-6,8,10H,7,9,20H2,1H3. The van der Waals surface area contributed by atoms with E-state index >= 15 is 0 Å². The van der Waals surface area contributed by atoms with E-state index in [9.17, 15) is 0 Å². The smallest absolute Gasteiger partial charge is 0.123 e. The number of benzene rings is 2. The average molecular weight is 389 g/mol. The molecule has 0 radical (unpaired) electrons. The maximum Gasteiger partial charge on any atom is 0.123 e. The van der Waals surface area contributed by atoms with E-state index in [0.29, 0.717) is 16.7 Å². The highest BCUT2D eigenvalue weighted by Gasteiger charge is 2.09. The predicted molar refractivity (Wildman–Crippen MR) is 92.3 cm³/mol. The van der Waals surface area contributed by atoms with Crippen molar-refractivity contribution in [2.45, 2.75) is 26.0 Å². The molecule has 21 heavy (non-hydrogen) atoms. The van der Waals surface area contributed by atoms with E-state index < -0.39 is 0 Å². The van der Waals surface area contributed by atoms with Gasteiger partial charge >= 0.3 is 0 Å². The minimum atomic E-state index is 0.0661. The van der Waals surface area contributed by atoms with Gasteiger partial charge in [0.05, 0.1) is 10.0 Å². The topological polar surface area (TPSA) is 35.2 Å². The Labute approximate surface area is 143 Å². The van der Waals surface area contributed by atoms with Gasteiger partial charge in [-0.25, -0.2) is 0 Å². The van der Waals surface area contributed by atoms with Crippen molar-refractivity contribution >= 4 is 39.1 Å². The highest BCUT2D eigenvalue weighted by atomic mass is 79.9. The second-order valence-electron chi connectivity index (χ2n) is 4.94. The van der Waals surface area contributed by atoms with Crippen LogP contribution < -0.4 is 10.5 Å². The van der Waals surface area contributed by atoms with Gasteiger partial charge < -0.3 is 10.5 Å². The Morgan fingerprint density at radius 3 is 2.67 bits per heavy atom. The molecule has 112 valence electrons. The number of halogens is 3. The zero-order valence-corrected chi connectivity index (χ0v) is 14.7. The molecule has 0 aliphatic heterocycles. The summed E-state index contributed by atoms with van der Waals surface area (Å²) in [5, 5.41) is 1.06. The summed E-state index contributed by atoms with van der Waals surface area (Å²) in [4.78, 5) is 0. The lowest BCUT2D eigenvalue weighted by Gasteiger charge is -2.14. The molecule has 2 N–H and O–H groups in total. The number of hydrogen-bond donors (Lipinski definition) is 1. The van der Waals surface area contributed by atoms with Crippen LogP contribution in [-0.2, 0) is 13.0 Å². The van der Waals surface area contributed by atoms with Gasteiger partial charge in [-0.2, -0.15) is 0 Å². The van der Waals surface area contributed by atoms with E-state index in [1.54, 1.807) is 6.07 Å². The summed E-state index contributed by atoms with van der Waals surface area (Å²) in [6, 6.07) is 11.5. The Bertz CT molecular complexity index is 632. The maximum atomic E-state index is 6.17. The molecule has 0 saturated heterocycles. The number of ether oxygens (including phenoxy) is 1. The Kier molecular flexibility index (Phi) is 5.94. The van der Waals surface area contributed by atoms with Crippen LogP contribution in [0.1, 0.15) is 18.1 Å². The molecule has 0 amide bonds. The molecule has 0 aliphatic carbocycles. The fourth-order valence-corrected chi connectivity index (χ4v) is 2.79. The fourth-order valence-electron chi connectivity index (χ4n) is 2.01. The molecule has 2 rings (SSSR count). The van der Waals surface area contributed by atoms with Crippen LogP contribution in [0.4, 0.5) is 0 Å². The zero-order valence-electron chi connectivity index (χ0n) is 11.6. The van der Waals surface area contributed by atoms with Crippen molar-refractivity contribution < 1.29 is 4.74 Å². The first-order valence-electron chi connectivity index (χ1n) is 6.57. The SMILES string of the molecule is CC(N)Cc1cc(Br)ccc1OCc1cccc(Cl)c1Cl. The first-order chi connectivity index (χ1) is 9.97. The first-order valence-corrected chi connectivity index (χ1v) is 8.12. The number of hydrogen-bond acceptors (Lipinski definition) is 2. The Balaban J connectivity index is 2.18. The monoisotopic (exact) mass is 387 g/mol. The average Bonchev–Trinajstić information content (AvgIpc) is 2.41. The van der Waals surface area contributed by atoms with E-state index in [2.05, 4.69) is 15.9 Å². The molecule has 0 fully saturated rings. The summed E-state index contributed by atoms with van der Waals surface area (Å²) in [7, 11) is 0. The minimum Gasteiger partial charge on any atom is -0.489 e. The normalized spacial score (nSPS) is 12.2. The first kappa shape index (κ1) is 16.6. The lowest BCUT2D eigenvalue weighted by Crippen LogP contribution is -2.18. The van der Waals surface area contributed by atoms with E-state index in [4.69, 9.17) is 33.7 Å². The highest BCUT2D eigenvalue weighted by molar-refractivity contribution is 9.10. The Morgan fingerprint density at radius 2 is 1.95 bits per heavy atom. The molecular formula is C16H16BrCl2NO. The molecule has 0 heterocycles. The van der Waals surface area contributed by atoms with Gasteiger partial charge in [0.15, 0.2) is 0 Å². The van der Waals surface area contributed by atoms with Crippen molar-refractivity contribution in [1.29, 1.82) is 0 Å². The third kappa shape index (κ3) is 4.62. The van der Waals surface area contributed by atoms with Crippen LogP contribution >= 0.6 is 39.1 Å². The van der Waals surface area contributed by atoms with Gasteiger partial charge in [-0.1, -0.05) is 51.3 Å². The molecule has 2 nitrogen and oxygen atoms in total. The maximum absolute atomic E-state index is 6.17. The second-order valence-corrected chi connectivity index (χ2v) is 6.64. The molecule has 0 aliphatic rings. The Morgan fingerprint density at radius 1 is 1.19 bits per heavy atom. The van der Waals surface area contributed by atoms with Crippen molar-refractivity contribution in [2.75, 3.05) is 0 Å². The number of nitrogens with two attached hydrogens (primary N) is 1. The molecule has 1 unspecified atom stereocenters. The zero-order chi connectivity index (χ0) is 15.4. The van der Waals surface area contributed by atoms with Gasteiger partial charge in [0, 0.05) is 16.1 Å². The van der Waals surface area contributed by atoms with Crippen molar-refractivity contribution in [2.24, 2.45) is 5.73 Å². The van der Waals surface area contributed by atoms with Gasteiger partial charge in [-0.3, -0.25) is 0 Å². The highest BCUT2D eigenvalue weighted by Crippen LogP contribution is 2.29. The third-order valence-corrected chi connectivity index (χ3v) is 4.33. The summed E-state index contributed by atoms with van der Waals surface area (Å²) >= 11 is 15.6. The molecular weight excluding hydrogens is 373 g/mol. The van der Waals surface area contributed by atoms with Gasteiger partial charge in [-0.05, 0) is 43.2 Å². The van der Waals surface area contributed by atoms with Crippen LogP contribution in [0.25, 0.3) is 0 Å². The van der Waals surface area contributed by atoms with Gasteiger partial charge in [0.1, 0.15) is 12.4 Å². The van der Waals surface area contributed by atoms with Crippen LogP contribution in [0.15, 0.2) is 40.9 Å². The second kappa shape index (κ2) is 7.50. The molecule has 2 aromatic rings. The Hall–Kier alpha value is -0.740. The molecule has 0 aromatic heterocycles. The van der Waals surface area contributed by atoms with Crippen molar-refractivity contribution in [3.63, 3.8) is 0 Å². The third-order valence-electron chi connectivity index (χ3n) is 2.98. The summed E-state index contributed by atoms with van der Waals surface area (Å²) in [5.74, 6) is 0.812. The van der Waals surface area contributed by atoms with Crippen molar-refractivity contribution in [1.82, 2.24) is 0 Å². The molecule has 1 atom stereocenters. The van der Waals surface area contributed by atoms with Crippen LogP contribution in [-0.4, -0.2) is 6.04 Å². The molecule has 5 heteroatoms. The lowest BCUT2D eigenvalue weighted by molar-refractivity contribution is 0.302. The number of rotatable bonds is 5. The molecule has 2 aromatic carbocycles. The summed E-state index contributed by atoms with van der Waals surface area (Å²) in [6.45, 7) is 2.34. The van der Waals surface area contributed by atoms with Crippen LogP contribution in [0.3, 0.4) is 0 Å². The predicted octanol–water partition coefficient (Wildman–Crippen LogP) is 5.22. The van der Waals surface area contributed by atoms with Gasteiger partial charge in [0.25, 0.3) is 0 Å². The molecule has 0 bridgehead atoms. The van der Waals surface area contributed by atoms with E-state index in [0.717, 1.165) is 27.8 Å². The van der Waals surface area contributed by atoms with Crippen LogP contribution in [0, 0.1) is 0 Å². The lowest BCUT2D eigenvalue weighted by atomic mass is 10.1. The van der Waals surface area contributed by atoms with E-state index in [-0.39, 0.29) is 6.04 Å². The molecule has 0 saturated carbocycles.